The van der Waals surface area contributed by atoms with Crippen molar-refractivity contribution in [3.05, 3.63) is 75.6 Å². The van der Waals surface area contributed by atoms with Gasteiger partial charge in [-0.15, -0.1) is 11.3 Å². The molecule has 0 unspecified atom stereocenters. The molecule has 0 aliphatic carbocycles. The van der Waals surface area contributed by atoms with E-state index in [0.717, 1.165) is 22.3 Å². The SMILES string of the molecule is CCOC(=O)c1c(-c2ccc(C)cc2)csc1NC(=O)CCc1cccc(Cl)c1. The van der Waals surface area contributed by atoms with Gasteiger partial charge in [0.15, 0.2) is 0 Å². The molecule has 0 radical (unpaired) electrons. The smallest absolute Gasteiger partial charge is 0.341 e. The minimum absolute atomic E-state index is 0.159. The van der Waals surface area contributed by atoms with Crippen LogP contribution in [0.25, 0.3) is 11.1 Å². The molecule has 0 bridgehead atoms. The van der Waals surface area contributed by atoms with E-state index in [-0.39, 0.29) is 12.5 Å². The Hall–Kier alpha value is -2.63. The van der Waals surface area contributed by atoms with Crippen molar-refractivity contribution in [2.45, 2.75) is 26.7 Å². The Kier molecular flexibility index (Phi) is 7.07. The van der Waals surface area contributed by atoms with Gasteiger partial charge in [0.1, 0.15) is 10.6 Å². The van der Waals surface area contributed by atoms with Crippen LogP contribution in [0.3, 0.4) is 0 Å². The zero-order chi connectivity index (χ0) is 20.8. The molecule has 6 heteroatoms. The Morgan fingerprint density at radius 3 is 2.59 bits per heavy atom. The highest BCUT2D eigenvalue weighted by Crippen LogP contribution is 2.36. The fraction of sp³-hybridized carbons (Fsp3) is 0.217. The van der Waals surface area contributed by atoms with Gasteiger partial charge in [0.2, 0.25) is 5.91 Å². The van der Waals surface area contributed by atoms with Crippen LogP contribution in [0.4, 0.5) is 5.00 Å². The van der Waals surface area contributed by atoms with Crippen LogP contribution in [0.5, 0.6) is 0 Å². The highest BCUT2D eigenvalue weighted by atomic mass is 35.5. The predicted octanol–water partition coefficient (Wildman–Crippen LogP) is 6.12. The third kappa shape index (κ3) is 5.46. The number of aryl methyl sites for hydroxylation is 2. The van der Waals surface area contributed by atoms with E-state index in [4.69, 9.17) is 16.3 Å². The lowest BCUT2D eigenvalue weighted by atomic mass is 10.0. The second kappa shape index (κ2) is 9.72. The van der Waals surface area contributed by atoms with Gasteiger partial charge in [0.25, 0.3) is 0 Å². The first-order valence-electron chi connectivity index (χ1n) is 9.38. The summed E-state index contributed by atoms with van der Waals surface area (Å²) in [6, 6.07) is 15.4. The standard InChI is InChI=1S/C23H22ClNO3S/c1-3-28-23(27)21-19(17-10-7-15(2)8-11-17)14-29-22(21)25-20(26)12-9-16-5-4-6-18(24)13-16/h4-8,10-11,13-14H,3,9,12H2,1-2H3,(H,25,26). The summed E-state index contributed by atoms with van der Waals surface area (Å²) in [7, 11) is 0. The molecule has 0 aliphatic heterocycles. The summed E-state index contributed by atoms with van der Waals surface area (Å²) in [6.45, 7) is 4.04. The number of ether oxygens (including phenoxy) is 1. The van der Waals surface area contributed by atoms with E-state index in [1.54, 1.807) is 13.0 Å². The molecule has 0 aliphatic rings. The Morgan fingerprint density at radius 2 is 1.90 bits per heavy atom. The lowest BCUT2D eigenvalue weighted by Crippen LogP contribution is -2.15. The largest absolute Gasteiger partial charge is 0.462 e. The third-order valence-corrected chi connectivity index (χ3v) is 5.55. The maximum Gasteiger partial charge on any atom is 0.341 e. The molecule has 4 nitrogen and oxygen atoms in total. The van der Waals surface area contributed by atoms with Crippen LogP contribution >= 0.6 is 22.9 Å². The molecule has 0 fully saturated rings. The summed E-state index contributed by atoms with van der Waals surface area (Å²) < 4.78 is 5.24. The van der Waals surface area contributed by atoms with Crippen molar-refractivity contribution in [1.82, 2.24) is 0 Å². The van der Waals surface area contributed by atoms with Crippen LogP contribution < -0.4 is 5.32 Å². The summed E-state index contributed by atoms with van der Waals surface area (Å²) in [6.07, 6.45) is 0.859. The van der Waals surface area contributed by atoms with Gasteiger partial charge in [-0.3, -0.25) is 4.79 Å². The van der Waals surface area contributed by atoms with Crippen molar-refractivity contribution in [2.75, 3.05) is 11.9 Å². The maximum atomic E-state index is 12.6. The molecule has 2 aromatic carbocycles. The van der Waals surface area contributed by atoms with Crippen LogP contribution in [0.2, 0.25) is 5.02 Å². The van der Waals surface area contributed by atoms with Crippen LogP contribution in [-0.4, -0.2) is 18.5 Å². The molecular weight excluding hydrogens is 406 g/mol. The van der Waals surface area contributed by atoms with Gasteiger partial charge in [-0.2, -0.15) is 0 Å². The van der Waals surface area contributed by atoms with Crippen molar-refractivity contribution >= 4 is 39.8 Å². The van der Waals surface area contributed by atoms with Crippen molar-refractivity contribution in [3.63, 3.8) is 0 Å². The average Bonchev–Trinajstić information content (AvgIpc) is 3.11. The molecule has 150 valence electrons. The number of carbonyl (C=O) groups excluding carboxylic acids is 2. The first kappa shape index (κ1) is 21.1. The summed E-state index contributed by atoms with van der Waals surface area (Å²) in [5.74, 6) is -0.595. The third-order valence-electron chi connectivity index (χ3n) is 4.42. The summed E-state index contributed by atoms with van der Waals surface area (Å²) in [4.78, 5) is 25.1. The number of hydrogen-bond donors (Lipinski definition) is 1. The molecule has 1 N–H and O–H groups in total. The Labute approximate surface area is 179 Å². The number of amides is 1. The molecule has 1 amide bonds. The lowest BCUT2D eigenvalue weighted by Gasteiger charge is -2.09. The normalized spacial score (nSPS) is 10.6. The number of rotatable bonds is 7. The maximum absolute atomic E-state index is 12.6. The van der Waals surface area contributed by atoms with Crippen molar-refractivity contribution < 1.29 is 14.3 Å². The van der Waals surface area contributed by atoms with E-state index in [0.29, 0.717) is 28.4 Å². The van der Waals surface area contributed by atoms with Crippen molar-refractivity contribution in [1.29, 1.82) is 0 Å². The second-order valence-electron chi connectivity index (χ2n) is 6.62. The summed E-state index contributed by atoms with van der Waals surface area (Å²) in [5, 5.41) is 5.92. The molecule has 1 heterocycles. The Balaban J connectivity index is 1.79. The van der Waals surface area contributed by atoms with Crippen molar-refractivity contribution in [3.8, 4) is 11.1 Å². The number of esters is 1. The Bertz CT molecular complexity index is 1010. The molecule has 3 aromatic rings. The number of benzene rings is 2. The minimum atomic E-state index is -0.436. The van der Waals surface area contributed by atoms with E-state index in [2.05, 4.69) is 5.32 Å². The molecule has 0 spiro atoms. The van der Waals surface area contributed by atoms with E-state index >= 15 is 0 Å². The molecule has 1 aromatic heterocycles. The number of thiophene rings is 1. The first-order chi connectivity index (χ1) is 14.0. The fourth-order valence-electron chi connectivity index (χ4n) is 2.94. The number of anilines is 1. The zero-order valence-corrected chi connectivity index (χ0v) is 17.9. The highest BCUT2D eigenvalue weighted by molar-refractivity contribution is 7.15. The van der Waals surface area contributed by atoms with Gasteiger partial charge in [0, 0.05) is 22.4 Å². The van der Waals surface area contributed by atoms with E-state index in [9.17, 15) is 9.59 Å². The van der Waals surface area contributed by atoms with Gasteiger partial charge in [-0.1, -0.05) is 53.6 Å². The average molecular weight is 428 g/mol. The second-order valence-corrected chi connectivity index (χ2v) is 7.93. The minimum Gasteiger partial charge on any atom is -0.462 e. The van der Waals surface area contributed by atoms with Crippen LogP contribution in [0.1, 0.15) is 34.8 Å². The molecule has 29 heavy (non-hydrogen) atoms. The molecular formula is C23H22ClNO3S. The van der Waals surface area contributed by atoms with Gasteiger partial charge < -0.3 is 10.1 Å². The molecule has 3 rings (SSSR count). The van der Waals surface area contributed by atoms with E-state index < -0.39 is 5.97 Å². The number of hydrogen-bond acceptors (Lipinski definition) is 4. The predicted molar refractivity (Wildman–Crippen MR) is 119 cm³/mol. The van der Waals surface area contributed by atoms with Gasteiger partial charge >= 0.3 is 5.97 Å². The van der Waals surface area contributed by atoms with Gasteiger partial charge in [0.05, 0.1) is 6.61 Å². The number of halogens is 1. The summed E-state index contributed by atoms with van der Waals surface area (Å²) in [5.41, 5.74) is 4.20. The van der Waals surface area contributed by atoms with Crippen LogP contribution in [0, 0.1) is 6.92 Å². The highest BCUT2D eigenvalue weighted by Gasteiger charge is 2.22. The molecule has 0 atom stereocenters. The first-order valence-corrected chi connectivity index (χ1v) is 10.6. The fourth-order valence-corrected chi connectivity index (χ4v) is 4.13. The number of carbonyl (C=O) groups is 2. The monoisotopic (exact) mass is 427 g/mol. The lowest BCUT2D eigenvalue weighted by molar-refractivity contribution is -0.116. The van der Waals surface area contributed by atoms with Crippen LogP contribution in [0.15, 0.2) is 53.9 Å². The van der Waals surface area contributed by atoms with Crippen molar-refractivity contribution in [2.24, 2.45) is 0 Å². The van der Waals surface area contributed by atoms with E-state index in [1.165, 1.54) is 11.3 Å². The molecule has 0 saturated carbocycles. The zero-order valence-electron chi connectivity index (χ0n) is 16.3. The van der Waals surface area contributed by atoms with Gasteiger partial charge in [-0.05, 0) is 43.5 Å². The quantitative estimate of drug-likeness (QED) is 0.462. The topological polar surface area (TPSA) is 55.4 Å². The van der Waals surface area contributed by atoms with E-state index in [1.807, 2.05) is 54.8 Å². The van der Waals surface area contributed by atoms with Gasteiger partial charge in [-0.25, -0.2) is 4.79 Å². The summed E-state index contributed by atoms with van der Waals surface area (Å²) >= 11 is 7.32. The van der Waals surface area contributed by atoms with Crippen LogP contribution in [-0.2, 0) is 16.0 Å². The molecule has 0 saturated heterocycles. The Morgan fingerprint density at radius 1 is 1.14 bits per heavy atom. The number of nitrogens with one attached hydrogen (secondary N) is 1.